The maximum atomic E-state index is 12.0. The summed E-state index contributed by atoms with van der Waals surface area (Å²) in [6, 6.07) is 29.0. The molecule has 1 fully saturated rings. The van der Waals surface area contributed by atoms with Crippen molar-refractivity contribution < 1.29 is 33.2 Å². The van der Waals surface area contributed by atoms with Gasteiger partial charge >= 0.3 is 5.97 Å². The Labute approximate surface area is 222 Å². The van der Waals surface area contributed by atoms with Gasteiger partial charge in [-0.05, 0) is 28.5 Å². The van der Waals surface area contributed by atoms with Crippen LogP contribution in [0.2, 0.25) is 0 Å². The van der Waals surface area contributed by atoms with Crippen LogP contribution in [0.4, 0.5) is 0 Å². The molecular weight excluding hydrogens is 511 g/mol. The Morgan fingerprint density at radius 1 is 0.811 bits per heavy atom. The molecule has 4 rings (SSSR count). The van der Waals surface area contributed by atoms with Gasteiger partial charge in [-0.3, -0.25) is 4.79 Å². The second-order valence-electron chi connectivity index (χ2n) is 8.73. The fourth-order valence-electron chi connectivity index (χ4n) is 4.08. The van der Waals surface area contributed by atoms with E-state index in [0.29, 0.717) is 6.61 Å². The highest BCUT2D eigenvalue weighted by atomic mass is 32.5. The largest absolute Gasteiger partial charge is 0.449 e. The van der Waals surface area contributed by atoms with E-state index in [0.717, 1.165) is 16.7 Å². The van der Waals surface area contributed by atoms with Crippen LogP contribution in [-0.4, -0.2) is 41.6 Å². The van der Waals surface area contributed by atoms with E-state index in [1.807, 2.05) is 91.0 Å². The van der Waals surface area contributed by atoms with Crippen LogP contribution in [0.15, 0.2) is 91.0 Å². The van der Waals surface area contributed by atoms with Crippen molar-refractivity contribution in [1.82, 2.24) is 0 Å². The van der Waals surface area contributed by atoms with Crippen molar-refractivity contribution in [2.75, 3.05) is 6.61 Å². The number of esters is 1. The second kappa shape index (κ2) is 13.4. The lowest BCUT2D eigenvalue weighted by Crippen LogP contribution is -2.55. The van der Waals surface area contributed by atoms with E-state index in [4.69, 9.17) is 35.3 Å². The van der Waals surface area contributed by atoms with Crippen LogP contribution in [0.3, 0.4) is 0 Å². The quantitative estimate of drug-likeness (QED) is 0.269. The van der Waals surface area contributed by atoms with E-state index in [1.54, 1.807) is 0 Å². The molecule has 0 bridgehead atoms. The molecule has 37 heavy (non-hydrogen) atoms. The van der Waals surface area contributed by atoms with Gasteiger partial charge in [-0.1, -0.05) is 91.0 Å². The molecule has 1 aliphatic rings. The Kier molecular flexibility index (Phi) is 10.00. The van der Waals surface area contributed by atoms with E-state index in [1.165, 1.54) is 6.92 Å². The third kappa shape index (κ3) is 8.03. The number of benzene rings is 3. The van der Waals surface area contributed by atoms with Crippen LogP contribution in [-0.2, 0) is 59.9 Å². The molecule has 0 aliphatic carbocycles. The van der Waals surface area contributed by atoms with Gasteiger partial charge in [0.2, 0.25) is 12.3 Å². The third-order valence-corrected chi connectivity index (χ3v) is 8.33. The lowest BCUT2D eigenvalue weighted by Gasteiger charge is -2.45. The summed E-state index contributed by atoms with van der Waals surface area (Å²) < 4.78 is 30.0. The minimum atomic E-state index is -3.62. The lowest BCUT2D eigenvalue weighted by molar-refractivity contribution is -0.189. The molecule has 1 heterocycles. The summed E-state index contributed by atoms with van der Waals surface area (Å²) in [6.07, 6.45) is -2.34. The minimum absolute atomic E-state index is 0.102. The first-order valence-corrected chi connectivity index (χ1v) is 14.8. The van der Waals surface area contributed by atoms with Gasteiger partial charge in [0.05, 0.1) is 26.4 Å². The Bertz CT molecular complexity index is 1160. The molecule has 0 radical (unpaired) electrons. The van der Waals surface area contributed by atoms with Gasteiger partial charge in [0.1, 0.15) is 18.3 Å². The van der Waals surface area contributed by atoms with Crippen molar-refractivity contribution >= 4 is 24.3 Å². The highest BCUT2D eigenvalue weighted by Crippen LogP contribution is 2.56. The van der Waals surface area contributed by atoms with Gasteiger partial charge in [-0.15, -0.1) is 0 Å². The molecule has 1 aliphatic heterocycles. The Hall–Kier alpha value is -2.42. The first-order chi connectivity index (χ1) is 17.9. The number of carbonyl (C=O) groups is 1. The number of hydrogen-bond donors (Lipinski definition) is 1. The third-order valence-electron chi connectivity index (χ3n) is 5.83. The fourth-order valence-corrected chi connectivity index (χ4v) is 6.50. The number of ether oxygens (including phenoxy) is 4. The van der Waals surface area contributed by atoms with Crippen LogP contribution in [0.1, 0.15) is 23.6 Å². The minimum Gasteiger partial charge on any atom is -0.449 e. The monoisotopic (exact) mass is 542 g/mol. The molecule has 1 saturated heterocycles. The highest BCUT2D eigenvalue weighted by molar-refractivity contribution is 8.09. The van der Waals surface area contributed by atoms with Crippen molar-refractivity contribution in [2.45, 2.75) is 50.9 Å². The maximum absolute atomic E-state index is 12.0. The summed E-state index contributed by atoms with van der Waals surface area (Å²) >= 11 is 5.47. The molecule has 3 aromatic carbocycles. The Balaban J connectivity index is 1.58. The van der Waals surface area contributed by atoms with E-state index < -0.39 is 36.6 Å². The van der Waals surface area contributed by atoms with E-state index in [2.05, 4.69) is 0 Å². The summed E-state index contributed by atoms with van der Waals surface area (Å²) in [5.41, 5.74) is 2.87. The van der Waals surface area contributed by atoms with Crippen LogP contribution in [0.5, 0.6) is 0 Å². The average molecular weight is 543 g/mol. The molecule has 196 valence electrons. The molecule has 5 atom stereocenters. The van der Waals surface area contributed by atoms with Gasteiger partial charge in [0.25, 0.3) is 0 Å². The van der Waals surface area contributed by atoms with Crippen LogP contribution >= 0.6 is 6.49 Å². The predicted octanol–water partition coefficient (Wildman–Crippen LogP) is 4.96. The molecule has 0 aromatic heterocycles. The first kappa shape index (κ1) is 27.6. The van der Waals surface area contributed by atoms with Crippen molar-refractivity contribution in [3.05, 3.63) is 108 Å². The number of rotatable bonds is 11. The van der Waals surface area contributed by atoms with E-state index in [-0.39, 0.29) is 19.8 Å². The zero-order chi connectivity index (χ0) is 26.1. The van der Waals surface area contributed by atoms with Crippen molar-refractivity contribution in [3.63, 3.8) is 0 Å². The standard InChI is InChI=1S/C28H31O7PS/c1-21(29)34-28-27(33-19-24-15-9-4-10-16-24)26(32-18-23-13-7-3-8-14-23)25(35-36(28,30)37)20-31-17-22-11-5-2-6-12-22/h2-16,25-28H,17-20H2,1H3,(H,30,37)/t25-,26-,27+,28-,36?/m1/s1. The maximum Gasteiger partial charge on any atom is 0.303 e. The zero-order valence-electron chi connectivity index (χ0n) is 20.6. The van der Waals surface area contributed by atoms with Crippen LogP contribution < -0.4 is 0 Å². The molecule has 0 saturated carbocycles. The summed E-state index contributed by atoms with van der Waals surface area (Å²) in [6.45, 7) is -1.44. The second-order valence-corrected chi connectivity index (χ2v) is 12.1. The van der Waals surface area contributed by atoms with Gasteiger partial charge < -0.3 is 28.4 Å². The van der Waals surface area contributed by atoms with Gasteiger partial charge in [-0.25, -0.2) is 0 Å². The van der Waals surface area contributed by atoms with Crippen molar-refractivity contribution in [1.29, 1.82) is 0 Å². The topological polar surface area (TPSA) is 83.5 Å². The molecule has 9 heteroatoms. The first-order valence-electron chi connectivity index (χ1n) is 12.0. The molecule has 7 nitrogen and oxygen atoms in total. The molecule has 1 N–H and O–H groups in total. The fraction of sp³-hybridized carbons (Fsp3) is 0.321. The molecule has 0 amide bonds. The Morgan fingerprint density at radius 3 is 1.76 bits per heavy atom. The van der Waals surface area contributed by atoms with Gasteiger partial charge in [0, 0.05) is 6.92 Å². The SMILES string of the molecule is CC(=O)O[C@H]1[C@@H](OCc2ccccc2)[C@H](OCc2ccccc2)[C@@H](COCc2ccccc2)OP1(O)=S. The van der Waals surface area contributed by atoms with Crippen molar-refractivity contribution in [2.24, 2.45) is 0 Å². The highest BCUT2D eigenvalue weighted by Gasteiger charge is 2.53. The smallest absolute Gasteiger partial charge is 0.303 e. The predicted molar refractivity (Wildman–Crippen MR) is 143 cm³/mol. The molecular formula is C28H31O7PS. The normalized spacial score (nSPS) is 25.5. The van der Waals surface area contributed by atoms with E-state index in [9.17, 15) is 9.69 Å². The summed E-state index contributed by atoms with van der Waals surface area (Å²) in [4.78, 5) is 23.2. The van der Waals surface area contributed by atoms with Gasteiger partial charge in [0.15, 0.2) is 0 Å². The molecule has 1 unspecified atom stereocenters. The summed E-state index contributed by atoms with van der Waals surface area (Å²) in [5.74, 6) is -1.78. The number of hydrogen-bond acceptors (Lipinski definition) is 7. The lowest BCUT2D eigenvalue weighted by atomic mass is 10.1. The molecule has 3 aromatic rings. The average Bonchev–Trinajstić information content (AvgIpc) is 2.90. The van der Waals surface area contributed by atoms with Crippen LogP contribution in [0.25, 0.3) is 0 Å². The van der Waals surface area contributed by atoms with E-state index >= 15 is 0 Å². The van der Waals surface area contributed by atoms with Crippen LogP contribution in [0, 0.1) is 0 Å². The zero-order valence-corrected chi connectivity index (χ0v) is 22.3. The summed E-state index contributed by atoms with van der Waals surface area (Å²) in [5, 5.41) is 0. The Morgan fingerprint density at radius 2 is 1.27 bits per heavy atom. The molecule has 0 spiro atoms. The summed E-state index contributed by atoms with van der Waals surface area (Å²) in [7, 11) is 0. The number of carbonyl (C=O) groups excluding carboxylic acids is 1. The van der Waals surface area contributed by atoms with Gasteiger partial charge in [-0.2, -0.15) is 0 Å². The van der Waals surface area contributed by atoms with Crippen molar-refractivity contribution in [3.8, 4) is 0 Å².